The molecule has 3 aromatic rings. The maximum absolute atomic E-state index is 12.9. The van der Waals surface area contributed by atoms with Crippen LogP contribution in [0.2, 0.25) is 10.0 Å². The molecule has 2 aliphatic carbocycles. The first-order valence-electron chi connectivity index (χ1n) is 12.3. The molecule has 2 amide bonds. The van der Waals surface area contributed by atoms with Crippen LogP contribution in [0.5, 0.6) is 5.75 Å². The molecule has 4 atom stereocenters. The number of carbonyl (C=O) groups excluding carboxylic acids is 2. The molecule has 1 saturated heterocycles. The molecule has 8 heteroatoms. The van der Waals surface area contributed by atoms with Crippen molar-refractivity contribution in [1.82, 2.24) is 9.58 Å². The fourth-order valence-corrected chi connectivity index (χ4v) is 6.39. The summed E-state index contributed by atoms with van der Waals surface area (Å²) in [5.41, 5.74) is 4.66. The van der Waals surface area contributed by atoms with Gasteiger partial charge in [-0.15, -0.1) is 0 Å². The summed E-state index contributed by atoms with van der Waals surface area (Å²) in [6.45, 7) is 4.34. The summed E-state index contributed by atoms with van der Waals surface area (Å²) in [5.74, 6) is 0.226. The van der Waals surface area contributed by atoms with Crippen LogP contribution in [0.3, 0.4) is 0 Å². The van der Waals surface area contributed by atoms with Crippen LogP contribution in [-0.4, -0.2) is 27.6 Å². The van der Waals surface area contributed by atoms with E-state index >= 15 is 0 Å². The molecule has 37 heavy (non-hydrogen) atoms. The predicted octanol–water partition coefficient (Wildman–Crippen LogP) is 6.12. The topological polar surface area (TPSA) is 63.9 Å². The van der Waals surface area contributed by atoms with Gasteiger partial charge in [-0.05, 0) is 74.6 Å². The third-order valence-corrected chi connectivity index (χ3v) is 8.32. The van der Waals surface area contributed by atoms with Crippen LogP contribution >= 0.6 is 23.2 Å². The number of ether oxygens (including phenoxy) is 1. The Balaban J connectivity index is 1.17. The van der Waals surface area contributed by atoms with Crippen LogP contribution in [0.4, 0.5) is 0 Å². The molecular formula is C29H25Cl2N3O3. The number of aromatic nitrogens is 1. The van der Waals surface area contributed by atoms with Crippen LogP contribution in [0.1, 0.15) is 28.9 Å². The van der Waals surface area contributed by atoms with E-state index in [0.717, 1.165) is 45.4 Å². The van der Waals surface area contributed by atoms with Gasteiger partial charge < -0.3 is 9.30 Å². The van der Waals surface area contributed by atoms with Gasteiger partial charge in [-0.1, -0.05) is 41.4 Å². The molecule has 2 fully saturated rings. The van der Waals surface area contributed by atoms with Crippen molar-refractivity contribution >= 4 is 41.2 Å². The van der Waals surface area contributed by atoms with E-state index in [1.54, 1.807) is 18.3 Å². The van der Waals surface area contributed by atoms with Crippen molar-refractivity contribution in [2.24, 2.45) is 28.8 Å². The minimum absolute atomic E-state index is 0.173. The fourth-order valence-electron chi connectivity index (χ4n) is 5.93. The molecule has 0 spiro atoms. The zero-order chi connectivity index (χ0) is 25.8. The highest BCUT2D eigenvalue weighted by atomic mass is 35.5. The highest BCUT2D eigenvalue weighted by Crippen LogP contribution is 2.52. The number of allylic oxidation sites excluding steroid dienone is 2. The van der Waals surface area contributed by atoms with Gasteiger partial charge in [-0.25, -0.2) is 0 Å². The van der Waals surface area contributed by atoms with E-state index < -0.39 is 0 Å². The zero-order valence-electron chi connectivity index (χ0n) is 20.4. The lowest BCUT2D eigenvalue weighted by molar-refractivity contribution is -0.140. The van der Waals surface area contributed by atoms with E-state index in [0.29, 0.717) is 16.7 Å². The Morgan fingerprint density at radius 2 is 1.65 bits per heavy atom. The van der Waals surface area contributed by atoms with Crippen LogP contribution in [-0.2, 0) is 16.2 Å². The largest absolute Gasteiger partial charge is 0.489 e. The van der Waals surface area contributed by atoms with E-state index in [1.807, 2.05) is 50.2 Å². The second-order valence-electron chi connectivity index (χ2n) is 9.91. The van der Waals surface area contributed by atoms with Crippen molar-refractivity contribution in [1.29, 1.82) is 0 Å². The van der Waals surface area contributed by atoms with Gasteiger partial charge in [-0.3, -0.25) is 9.59 Å². The van der Waals surface area contributed by atoms with Crippen molar-refractivity contribution < 1.29 is 14.3 Å². The Labute approximate surface area is 225 Å². The molecule has 188 valence electrons. The van der Waals surface area contributed by atoms with Gasteiger partial charge in [-0.2, -0.15) is 10.1 Å². The highest BCUT2D eigenvalue weighted by molar-refractivity contribution is 6.35. The highest BCUT2D eigenvalue weighted by Gasteiger charge is 2.59. The van der Waals surface area contributed by atoms with Crippen LogP contribution in [0, 0.1) is 37.5 Å². The first-order chi connectivity index (χ1) is 17.8. The molecule has 3 aliphatic rings. The Morgan fingerprint density at radius 1 is 0.973 bits per heavy atom. The van der Waals surface area contributed by atoms with E-state index in [1.165, 1.54) is 0 Å². The van der Waals surface area contributed by atoms with Gasteiger partial charge in [0, 0.05) is 38.2 Å². The summed E-state index contributed by atoms with van der Waals surface area (Å²) in [7, 11) is 0. The molecular weight excluding hydrogens is 509 g/mol. The summed E-state index contributed by atoms with van der Waals surface area (Å²) < 4.78 is 8.01. The van der Waals surface area contributed by atoms with Crippen molar-refractivity contribution in [3.63, 3.8) is 0 Å². The molecule has 1 aromatic heterocycles. The SMILES string of the molecule is Cc1cc(C=NN2C(=O)[C@@H]3[C@H](C2=O)[C@H]2C=C[C@H]3C2)c(C)n1-c1ccc(OCc2ccc(Cl)cc2Cl)cc1. The normalized spacial score (nSPS) is 24.1. The number of benzene rings is 2. The molecule has 0 N–H and O–H groups in total. The lowest BCUT2D eigenvalue weighted by atomic mass is 9.85. The maximum atomic E-state index is 12.9. The molecule has 1 aliphatic heterocycles. The monoisotopic (exact) mass is 533 g/mol. The number of hydrogen-bond donors (Lipinski definition) is 0. The number of hydrazone groups is 1. The molecule has 6 nitrogen and oxygen atoms in total. The molecule has 2 bridgehead atoms. The van der Waals surface area contributed by atoms with E-state index in [9.17, 15) is 9.59 Å². The Bertz CT molecular complexity index is 1440. The summed E-state index contributed by atoms with van der Waals surface area (Å²) in [4.78, 5) is 25.8. The molecule has 2 aromatic carbocycles. The van der Waals surface area contributed by atoms with Gasteiger partial charge in [0.15, 0.2) is 0 Å². The predicted molar refractivity (Wildman–Crippen MR) is 143 cm³/mol. The number of rotatable bonds is 6. The standard InChI is InChI=1S/C29H25Cl2N3O3/c1-16-11-21(14-32-34-28(35)26-18-3-4-19(12-18)27(26)29(34)36)17(2)33(16)23-7-9-24(10-8-23)37-15-20-5-6-22(30)13-25(20)31/h3-11,13-14,18-19,26-27H,12,15H2,1-2H3/t18-,19-,26-,27+/m0/s1. The summed E-state index contributed by atoms with van der Waals surface area (Å²) in [6, 6.07) is 15.1. The number of fused-ring (bicyclic) bond motifs is 5. The second-order valence-corrected chi connectivity index (χ2v) is 10.8. The Kier molecular flexibility index (Phi) is 5.97. The third-order valence-electron chi connectivity index (χ3n) is 7.73. The van der Waals surface area contributed by atoms with Gasteiger partial charge in [0.25, 0.3) is 11.8 Å². The third kappa shape index (κ3) is 4.09. The number of aryl methyl sites for hydroxylation is 1. The quantitative estimate of drug-likeness (QED) is 0.218. The van der Waals surface area contributed by atoms with E-state index in [-0.39, 0.29) is 35.5 Å². The van der Waals surface area contributed by atoms with Gasteiger partial charge in [0.05, 0.1) is 18.1 Å². The smallest absolute Gasteiger partial charge is 0.254 e. The number of amides is 2. The molecule has 2 heterocycles. The molecule has 6 rings (SSSR count). The summed E-state index contributed by atoms with van der Waals surface area (Å²) in [6.07, 6.45) is 6.70. The van der Waals surface area contributed by atoms with Crippen LogP contribution in [0.15, 0.2) is 65.8 Å². The number of halogens is 2. The first-order valence-corrected chi connectivity index (χ1v) is 13.0. The summed E-state index contributed by atoms with van der Waals surface area (Å²) in [5, 5.41) is 6.60. The van der Waals surface area contributed by atoms with E-state index in [2.05, 4.69) is 21.8 Å². The van der Waals surface area contributed by atoms with Crippen molar-refractivity contribution in [3.8, 4) is 11.4 Å². The lowest BCUT2D eigenvalue weighted by Crippen LogP contribution is -2.28. The van der Waals surface area contributed by atoms with Crippen molar-refractivity contribution in [3.05, 3.63) is 93.2 Å². The molecule has 1 saturated carbocycles. The van der Waals surface area contributed by atoms with Gasteiger partial charge in [0.2, 0.25) is 0 Å². The maximum Gasteiger partial charge on any atom is 0.254 e. The van der Waals surface area contributed by atoms with Crippen molar-refractivity contribution in [2.45, 2.75) is 26.9 Å². The van der Waals surface area contributed by atoms with E-state index in [4.69, 9.17) is 27.9 Å². The lowest BCUT2D eigenvalue weighted by Gasteiger charge is -2.13. The number of hydrogen-bond acceptors (Lipinski definition) is 4. The number of carbonyl (C=O) groups is 2. The second kappa shape index (κ2) is 9.19. The number of nitrogens with zero attached hydrogens (tertiary/aromatic N) is 3. The van der Waals surface area contributed by atoms with Crippen LogP contribution < -0.4 is 4.74 Å². The Morgan fingerprint density at radius 3 is 2.30 bits per heavy atom. The summed E-state index contributed by atoms with van der Waals surface area (Å²) >= 11 is 12.2. The first kappa shape index (κ1) is 24.0. The van der Waals surface area contributed by atoms with Gasteiger partial charge >= 0.3 is 0 Å². The fraction of sp³-hybridized carbons (Fsp3) is 0.276. The minimum atomic E-state index is -0.247. The minimum Gasteiger partial charge on any atom is -0.489 e. The van der Waals surface area contributed by atoms with Crippen LogP contribution in [0.25, 0.3) is 5.69 Å². The van der Waals surface area contributed by atoms with Crippen molar-refractivity contribution in [2.75, 3.05) is 0 Å². The molecule has 0 radical (unpaired) electrons. The zero-order valence-corrected chi connectivity index (χ0v) is 21.9. The average molecular weight is 534 g/mol. The number of imide groups is 1. The van der Waals surface area contributed by atoms with Gasteiger partial charge in [0.1, 0.15) is 12.4 Å². The molecule has 0 unspecified atom stereocenters. The Hall–Kier alpha value is -3.35. The average Bonchev–Trinajstić information content (AvgIpc) is 3.62.